The van der Waals surface area contributed by atoms with Crippen molar-refractivity contribution in [2.75, 3.05) is 0 Å². The second kappa shape index (κ2) is 9.03. The van der Waals surface area contributed by atoms with E-state index in [1.54, 1.807) is 17.5 Å². The number of aromatic nitrogens is 2. The van der Waals surface area contributed by atoms with Gasteiger partial charge in [-0.05, 0) is 67.6 Å². The number of dihydropyridines is 1. The highest BCUT2D eigenvalue weighted by Crippen LogP contribution is 2.34. The molecule has 0 radical (unpaired) electrons. The number of thiophene rings is 1. The van der Waals surface area contributed by atoms with Crippen LogP contribution in [0.3, 0.4) is 0 Å². The van der Waals surface area contributed by atoms with E-state index in [1.807, 2.05) is 43.3 Å². The highest BCUT2D eigenvalue weighted by molar-refractivity contribution is 7.15. The fraction of sp³-hybridized carbons (Fsp3) is 0.0769. The summed E-state index contributed by atoms with van der Waals surface area (Å²) in [5.74, 6) is -0.770. The van der Waals surface area contributed by atoms with Crippen molar-refractivity contribution in [3.05, 3.63) is 100 Å². The van der Waals surface area contributed by atoms with Gasteiger partial charge >= 0.3 is 11.9 Å². The second-order valence-electron chi connectivity index (χ2n) is 7.89. The number of carboxylic acids is 2. The number of aliphatic carboxylic acids is 1. The first-order valence-corrected chi connectivity index (χ1v) is 11.4. The molecule has 174 valence electrons. The molecule has 0 saturated carbocycles. The Bertz CT molecular complexity index is 1510. The molecule has 0 bridgehead atoms. The van der Waals surface area contributed by atoms with Gasteiger partial charge in [0.25, 0.3) is 0 Å². The number of hydrogen-bond donors (Lipinski definition) is 3. The summed E-state index contributed by atoms with van der Waals surface area (Å²) in [5.41, 5.74) is 2.26. The third-order valence-electron chi connectivity index (χ3n) is 5.46. The molecule has 4 aromatic heterocycles. The molecule has 0 saturated heterocycles. The summed E-state index contributed by atoms with van der Waals surface area (Å²) in [5, 5.41) is 22.2. The number of carboxylic acid groups (broad SMARTS) is 2. The van der Waals surface area contributed by atoms with Gasteiger partial charge in [0, 0.05) is 22.8 Å². The van der Waals surface area contributed by atoms with Crippen molar-refractivity contribution in [1.29, 1.82) is 0 Å². The first-order chi connectivity index (χ1) is 16.9. The van der Waals surface area contributed by atoms with Crippen molar-refractivity contribution in [2.24, 2.45) is 0 Å². The number of rotatable bonds is 6. The van der Waals surface area contributed by atoms with Crippen molar-refractivity contribution < 1.29 is 24.2 Å². The number of carbonyl (C=O) groups is 2. The molecule has 0 aliphatic carbocycles. The molecule has 1 aliphatic heterocycles. The molecule has 3 N–H and O–H groups in total. The van der Waals surface area contributed by atoms with E-state index < -0.39 is 18.0 Å². The maximum atomic E-state index is 11.8. The minimum absolute atomic E-state index is 0.0480. The molecule has 35 heavy (non-hydrogen) atoms. The third kappa shape index (κ3) is 4.62. The number of hydrogen-bond acceptors (Lipinski definition) is 7. The van der Waals surface area contributed by atoms with Crippen LogP contribution in [0.2, 0.25) is 0 Å². The van der Waals surface area contributed by atoms with Crippen LogP contribution < -0.4 is 5.32 Å². The zero-order valence-electron chi connectivity index (χ0n) is 18.4. The highest BCUT2D eigenvalue weighted by atomic mass is 32.1. The summed E-state index contributed by atoms with van der Waals surface area (Å²) in [4.78, 5) is 34.1. The predicted molar refractivity (Wildman–Crippen MR) is 131 cm³/mol. The molecule has 9 heteroatoms. The van der Waals surface area contributed by atoms with Gasteiger partial charge in [0.1, 0.15) is 11.5 Å². The Morgan fingerprint density at radius 2 is 1.77 bits per heavy atom. The standard InChI is InChI=1S/C26H19N3O5S/c1-14-2-5-24(35-14)23-4-3-22(34-23)15-6-8-27-18(10-15)20-12-17(26(32)33)13-21(29-20)19-11-16(25(30)31)7-9-28-19/h2-13,21,29H,1H3,(H,30,31)(H,32,33). The lowest BCUT2D eigenvalue weighted by Gasteiger charge is -2.23. The van der Waals surface area contributed by atoms with Crippen LogP contribution in [0.15, 0.2) is 83.1 Å². The van der Waals surface area contributed by atoms with Gasteiger partial charge in [-0.1, -0.05) is 0 Å². The molecule has 4 aromatic rings. The molecular weight excluding hydrogens is 466 g/mol. The quantitative estimate of drug-likeness (QED) is 0.342. The Kier molecular flexibility index (Phi) is 5.76. The summed E-state index contributed by atoms with van der Waals surface area (Å²) in [6.07, 6.45) is 6.00. The van der Waals surface area contributed by atoms with Crippen LogP contribution in [-0.4, -0.2) is 32.1 Å². The molecule has 5 rings (SSSR count). The zero-order chi connectivity index (χ0) is 24.5. The van der Waals surface area contributed by atoms with E-state index in [0.717, 1.165) is 16.2 Å². The van der Waals surface area contributed by atoms with Gasteiger partial charge in [0.05, 0.1) is 39.1 Å². The second-order valence-corrected chi connectivity index (χ2v) is 9.17. The van der Waals surface area contributed by atoms with Crippen LogP contribution in [0.1, 0.15) is 32.7 Å². The van der Waals surface area contributed by atoms with Crippen molar-refractivity contribution in [1.82, 2.24) is 15.3 Å². The fourth-order valence-electron chi connectivity index (χ4n) is 3.75. The van der Waals surface area contributed by atoms with E-state index in [1.165, 1.54) is 35.4 Å². The van der Waals surface area contributed by atoms with Crippen molar-refractivity contribution in [3.63, 3.8) is 0 Å². The van der Waals surface area contributed by atoms with Gasteiger partial charge in [-0.3, -0.25) is 9.97 Å². The molecule has 1 unspecified atom stereocenters. The van der Waals surface area contributed by atoms with E-state index in [4.69, 9.17) is 4.42 Å². The minimum atomic E-state index is -1.11. The summed E-state index contributed by atoms with van der Waals surface area (Å²) in [6, 6.07) is 13.6. The van der Waals surface area contributed by atoms with Crippen LogP contribution in [0.5, 0.6) is 0 Å². The van der Waals surface area contributed by atoms with E-state index in [2.05, 4.69) is 15.3 Å². The van der Waals surface area contributed by atoms with E-state index in [0.29, 0.717) is 22.8 Å². The van der Waals surface area contributed by atoms with Crippen LogP contribution in [0, 0.1) is 6.92 Å². The number of nitrogens with zero attached hydrogens (tertiary/aromatic N) is 2. The van der Waals surface area contributed by atoms with Gasteiger partial charge in [-0.15, -0.1) is 11.3 Å². The Morgan fingerprint density at radius 3 is 2.51 bits per heavy atom. The Balaban J connectivity index is 1.48. The molecule has 0 spiro atoms. The largest absolute Gasteiger partial charge is 0.478 e. The molecule has 5 heterocycles. The van der Waals surface area contributed by atoms with E-state index in [-0.39, 0.29) is 11.1 Å². The lowest BCUT2D eigenvalue weighted by atomic mass is 10.00. The number of furan rings is 1. The first-order valence-electron chi connectivity index (χ1n) is 10.6. The van der Waals surface area contributed by atoms with Gasteiger partial charge in [-0.2, -0.15) is 0 Å². The van der Waals surface area contributed by atoms with Crippen LogP contribution in [0.25, 0.3) is 27.7 Å². The summed E-state index contributed by atoms with van der Waals surface area (Å²) < 4.78 is 6.07. The Hall–Kier alpha value is -4.50. The van der Waals surface area contributed by atoms with Crippen molar-refractivity contribution in [2.45, 2.75) is 13.0 Å². The highest BCUT2D eigenvalue weighted by Gasteiger charge is 2.23. The van der Waals surface area contributed by atoms with E-state index in [9.17, 15) is 19.8 Å². The van der Waals surface area contributed by atoms with Crippen LogP contribution >= 0.6 is 11.3 Å². The van der Waals surface area contributed by atoms with Crippen LogP contribution in [0.4, 0.5) is 0 Å². The molecule has 8 nitrogen and oxygen atoms in total. The van der Waals surface area contributed by atoms with Gasteiger partial charge < -0.3 is 19.9 Å². The van der Waals surface area contributed by atoms with Gasteiger partial charge in [-0.25, -0.2) is 9.59 Å². The Labute approximate surface area is 203 Å². The lowest BCUT2D eigenvalue weighted by Crippen LogP contribution is -2.25. The normalized spacial score (nSPS) is 15.2. The lowest BCUT2D eigenvalue weighted by molar-refractivity contribution is -0.132. The molecule has 0 amide bonds. The molecule has 0 aromatic carbocycles. The predicted octanol–water partition coefficient (Wildman–Crippen LogP) is 5.17. The molecular formula is C26H19N3O5S. The summed E-state index contributed by atoms with van der Waals surface area (Å²) >= 11 is 1.65. The number of aromatic carboxylic acids is 1. The Morgan fingerprint density at radius 1 is 0.971 bits per heavy atom. The maximum absolute atomic E-state index is 11.8. The van der Waals surface area contributed by atoms with Gasteiger partial charge in [0.15, 0.2) is 0 Å². The zero-order valence-corrected chi connectivity index (χ0v) is 19.2. The average Bonchev–Trinajstić information content (AvgIpc) is 3.53. The molecule has 1 atom stereocenters. The molecule has 1 aliphatic rings. The van der Waals surface area contributed by atoms with E-state index >= 15 is 0 Å². The monoisotopic (exact) mass is 485 g/mol. The molecule has 0 fully saturated rings. The minimum Gasteiger partial charge on any atom is -0.478 e. The number of pyridine rings is 2. The topological polar surface area (TPSA) is 126 Å². The average molecular weight is 486 g/mol. The van der Waals surface area contributed by atoms with Crippen molar-refractivity contribution in [3.8, 4) is 22.0 Å². The third-order valence-corrected chi connectivity index (χ3v) is 6.48. The maximum Gasteiger partial charge on any atom is 0.335 e. The smallest absolute Gasteiger partial charge is 0.335 e. The number of nitrogens with one attached hydrogen (secondary N) is 1. The van der Waals surface area contributed by atoms with Crippen LogP contribution in [-0.2, 0) is 4.79 Å². The number of aryl methyl sites for hydroxylation is 1. The first kappa shape index (κ1) is 22.3. The summed E-state index contributed by atoms with van der Waals surface area (Å²) in [6.45, 7) is 2.04. The van der Waals surface area contributed by atoms with Crippen molar-refractivity contribution >= 4 is 29.0 Å². The summed E-state index contributed by atoms with van der Waals surface area (Å²) in [7, 11) is 0. The van der Waals surface area contributed by atoms with Gasteiger partial charge in [0.2, 0.25) is 0 Å². The SMILES string of the molecule is Cc1ccc(-c2ccc(-c3ccnc(C4=CC(C(=O)O)=CC(c5cc(C(=O)O)ccn5)N4)c3)o2)s1. The fourth-order valence-corrected chi connectivity index (χ4v) is 4.58.